The van der Waals surface area contributed by atoms with Gasteiger partial charge in [-0.1, -0.05) is 25.5 Å². The Balaban J connectivity index is 1.69. The molecular formula is C16H25NO2. The molecule has 0 atom stereocenters. The number of rotatable bonds is 8. The Labute approximate surface area is 116 Å². The summed E-state index contributed by atoms with van der Waals surface area (Å²) in [5, 5.41) is 13.3. The normalized spacial score (nSPS) is 16.9. The highest BCUT2D eigenvalue weighted by Gasteiger charge is 2.33. The lowest BCUT2D eigenvalue weighted by molar-refractivity contribution is -0.0314. The molecule has 1 aromatic rings. The van der Waals surface area contributed by atoms with Crippen molar-refractivity contribution < 1.29 is 9.84 Å². The van der Waals surface area contributed by atoms with Gasteiger partial charge in [-0.25, -0.2) is 0 Å². The fourth-order valence-electron chi connectivity index (χ4n) is 2.24. The van der Waals surface area contributed by atoms with E-state index in [1.807, 2.05) is 12.1 Å². The first kappa shape index (κ1) is 14.4. The summed E-state index contributed by atoms with van der Waals surface area (Å²) >= 11 is 0. The van der Waals surface area contributed by atoms with Crippen molar-refractivity contribution in [2.24, 2.45) is 0 Å². The minimum absolute atomic E-state index is 0.441. The van der Waals surface area contributed by atoms with E-state index in [0.29, 0.717) is 6.54 Å². The van der Waals surface area contributed by atoms with Gasteiger partial charge >= 0.3 is 0 Å². The monoisotopic (exact) mass is 263 g/mol. The molecule has 1 aliphatic carbocycles. The Bertz CT molecular complexity index is 371. The minimum atomic E-state index is -0.441. The number of benzene rings is 1. The first-order valence-corrected chi connectivity index (χ1v) is 7.37. The molecule has 3 heteroatoms. The van der Waals surface area contributed by atoms with E-state index in [-0.39, 0.29) is 0 Å². The molecule has 0 aliphatic heterocycles. The standard InChI is InChI=1S/C16H25NO2/c1-2-3-11-19-15-7-5-14(6-8-15)12-17-13-16(18)9-4-10-16/h5-8,17-18H,2-4,9-13H2,1H3. The number of hydrogen-bond donors (Lipinski definition) is 2. The van der Waals surface area contributed by atoms with Gasteiger partial charge in [0, 0.05) is 13.1 Å². The molecule has 19 heavy (non-hydrogen) atoms. The van der Waals surface area contributed by atoms with Crippen LogP contribution in [0.1, 0.15) is 44.6 Å². The quantitative estimate of drug-likeness (QED) is 0.709. The van der Waals surface area contributed by atoms with Gasteiger partial charge in [0.1, 0.15) is 5.75 Å². The van der Waals surface area contributed by atoms with Crippen molar-refractivity contribution in [2.45, 2.75) is 51.2 Å². The smallest absolute Gasteiger partial charge is 0.119 e. The molecule has 1 aromatic carbocycles. The number of nitrogens with one attached hydrogen (secondary N) is 1. The van der Waals surface area contributed by atoms with E-state index in [4.69, 9.17) is 4.74 Å². The molecule has 2 rings (SSSR count). The van der Waals surface area contributed by atoms with E-state index in [1.54, 1.807) is 0 Å². The molecule has 1 aliphatic rings. The number of aliphatic hydroxyl groups is 1. The van der Waals surface area contributed by atoms with Crippen molar-refractivity contribution in [3.8, 4) is 5.75 Å². The molecule has 0 heterocycles. The van der Waals surface area contributed by atoms with Gasteiger partial charge in [0.05, 0.1) is 12.2 Å². The van der Waals surface area contributed by atoms with Crippen LogP contribution in [0.2, 0.25) is 0 Å². The van der Waals surface area contributed by atoms with E-state index in [9.17, 15) is 5.11 Å². The summed E-state index contributed by atoms with van der Waals surface area (Å²) in [6.07, 6.45) is 5.28. The third-order valence-electron chi connectivity index (χ3n) is 3.76. The molecule has 0 unspecified atom stereocenters. The second kappa shape index (κ2) is 6.92. The van der Waals surface area contributed by atoms with Crippen LogP contribution in [0, 0.1) is 0 Å². The van der Waals surface area contributed by atoms with Crippen LogP contribution in [0.25, 0.3) is 0 Å². The highest BCUT2D eigenvalue weighted by molar-refractivity contribution is 5.27. The molecular weight excluding hydrogens is 238 g/mol. The van der Waals surface area contributed by atoms with Crippen molar-refractivity contribution >= 4 is 0 Å². The SMILES string of the molecule is CCCCOc1ccc(CNCC2(O)CCC2)cc1. The summed E-state index contributed by atoms with van der Waals surface area (Å²) in [4.78, 5) is 0. The van der Waals surface area contributed by atoms with Gasteiger partial charge in [0.15, 0.2) is 0 Å². The van der Waals surface area contributed by atoms with Gasteiger partial charge < -0.3 is 15.2 Å². The van der Waals surface area contributed by atoms with Crippen LogP contribution in [0.4, 0.5) is 0 Å². The van der Waals surface area contributed by atoms with E-state index in [0.717, 1.165) is 51.0 Å². The van der Waals surface area contributed by atoms with E-state index in [1.165, 1.54) is 5.56 Å². The van der Waals surface area contributed by atoms with Crippen LogP contribution in [-0.2, 0) is 6.54 Å². The largest absolute Gasteiger partial charge is 0.494 e. The van der Waals surface area contributed by atoms with E-state index in [2.05, 4.69) is 24.4 Å². The van der Waals surface area contributed by atoms with Gasteiger partial charge in [-0.3, -0.25) is 0 Å². The molecule has 1 saturated carbocycles. The Morgan fingerprint density at radius 1 is 1.26 bits per heavy atom. The van der Waals surface area contributed by atoms with Gasteiger partial charge in [0.25, 0.3) is 0 Å². The average molecular weight is 263 g/mol. The summed E-state index contributed by atoms with van der Waals surface area (Å²) in [7, 11) is 0. The molecule has 0 radical (unpaired) electrons. The topological polar surface area (TPSA) is 41.5 Å². The zero-order chi connectivity index (χ0) is 13.6. The Hall–Kier alpha value is -1.06. The Kier molecular flexibility index (Phi) is 5.23. The van der Waals surface area contributed by atoms with Crippen LogP contribution in [0.15, 0.2) is 24.3 Å². The second-order valence-corrected chi connectivity index (χ2v) is 5.53. The van der Waals surface area contributed by atoms with Gasteiger partial charge in [-0.2, -0.15) is 0 Å². The molecule has 1 fully saturated rings. The maximum Gasteiger partial charge on any atom is 0.119 e. The maximum atomic E-state index is 9.97. The van der Waals surface area contributed by atoms with Crippen LogP contribution in [-0.4, -0.2) is 23.9 Å². The molecule has 0 amide bonds. The number of ether oxygens (including phenoxy) is 1. The summed E-state index contributed by atoms with van der Waals surface area (Å²) in [6, 6.07) is 8.20. The highest BCUT2D eigenvalue weighted by atomic mass is 16.5. The first-order valence-electron chi connectivity index (χ1n) is 7.37. The first-order chi connectivity index (χ1) is 9.22. The molecule has 2 N–H and O–H groups in total. The highest BCUT2D eigenvalue weighted by Crippen LogP contribution is 2.30. The fraction of sp³-hybridized carbons (Fsp3) is 0.625. The maximum absolute atomic E-state index is 9.97. The van der Waals surface area contributed by atoms with Crippen molar-refractivity contribution in [3.05, 3.63) is 29.8 Å². The van der Waals surface area contributed by atoms with Crippen molar-refractivity contribution in [1.82, 2.24) is 5.32 Å². The Morgan fingerprint density at radius 3 is 2.58 bits per heavy atom. The zero-order valence-corrected chi connectivity index (χ0v) is 11.8. The Morgan fingerprint density at radius 2 is 2.00 bits per heavy atom. The molecule has 3 nitrogen and oxygen atoms in total. The lowest BCUT2D eigenvalue weighted by Crippen LogP contribution is -2.45. The molecule has 0 spiro atoms. The predicted molar refractivity (Wildman–Crippen MR) is 77.4 cm³/mol. The fourth-order valence-corrected chi connectivity index (χ4v) is 2.24. The molecule has 0 aromatic heterocycles. The van der Waals surface area contributed by atoms with Gasteiger partial charge in [-0.15, -0.1) is 0 Å². The van der Waals surface area contributed by atoms with E-state index < -0.39 is 5.60 Å². The van der Waals surface area contributed by atoms with Gasteiger partial charge in [0.2, 0.25) is 0 Å². The minimum Gasteiger partial charge on any atom is -0.494 e. The molecule has 0 bridgehead atoms. The zero-order valence-electron chi connectivity index (χ0n) is 11.8. The third kappa shape index (κ3) is 4.51. The summed E-state index contributed by atoms with van der Waals surface area (Å²) < 4.78 is 5.63. The molecule has 0 saturated heterocycles. The lowest BCUT2D eigenvalue weighted by atomic mass is 9.80. The average Bonchev–Trinajstić information content (AvgIpc) is 2.39. The predicted octanol–water partition coefficient (Wildman–Crippen LogP) is 2.87. The van der Waals surface area contributed by atoms with Crippen molar-refractivity contribution in [1.29, 1.82) is 0 Å². The van der Waals surface area contributed by atoms with E-state index >= 15 is 0 Å². The molecule has 106 valence electrons. The van der Waals surface area contributed by atoms with Gasteiger partial charge in [-0.05, 0) is 43.4 Å². The summed E-state index contributed by atoms with van der Waals surface area (Å²) in [6.45, 7) is 4.45. The second-order valence-electron chi connectivity index (χ2n) is 5.53. The van der Waals surface area contributed by atoms with Crippen LogP contribution < -0.4 is 10.1 Å². The summed E-state index contributed by atoms with van der Waals surface area (Å²) in [5.74, 6) is 0.940. The third-order valence-corrected chi connectivity index (χ3v) is 3.76. The summed E-state index contributed by atoms with van der Waals surface area (Å²) in [5.41, 5.74) is 0.786. The van der Waals surface area contributed by atoms with Crippen LogP contribution >= 0.6 is 0 Å². The van der Waals surface area contributed by atoms with Crippen LogP contribution in [0.5, 0.6) is 5.75 Å². The number of unbranched alkanes of at least 4 members (excludes halogenated alkanes) is 1. The van der Waals surface area contributed by atoms with Crippen molar-refractivity contribution in [3.63, 3.8) is 0 Å². The van der Waals surface area contributed by atoms with Crippen molar-refractivity contribution in [2.75, 3.05) is 13.2 Å². The lowest BCUT2D eigenvalue weighted by Gasteiger charge is -2.36. The van der Waals surface area contributed by atoms with Crippen LogP contribution in [0.3, 0.4) is 0 Å². The number of hydrogen-bond acceptors (Lipinski definition) is 3.